The molecule has 1 aliphatic heterocycles. The van der Waals surface area contributed by atoms with E-state index in [0.717, 1.165) is 5.56 Å². The highest BCUT2D eigenvalue weighted by Gasteiger charge is 2.40. The minimum absolute atomic E-state index is 0.0215. The van der Waals surface area contributed by atoms with Crippen LogP contribution in [0, 0.1) is 5.82 Å². The zero-order chi connectivity index (χ0) is 24.9. The topological polar surface area (TPSA) is 62.3 Å². The number of halogens is 2. The van der Waals surface area contributed by atoms with Crippen molar-refractivity contribution in [1.82, 2.24) is 15.2 Å². The first-order valence-electron chi connectivity index (χ1n) is 11.8. The van der Waals surface area contributed by atoms with Crippen LogP contribution in [0.2, 0.25) is 0 Å². The second-order valence-electron chi connectivity index (χ2n) is 9.22. The van der Waals surface area contributed by atoms with Crippen LogP contribution in [0.3, 0.4) is 0 Å². The molecule has 2 heterocycles. The van der Waals surface area contributed by atoms with Crippen molar-refractivity contribution in [3.8, 4) is 0 Å². The summed E-state index contributed by atoms with van der Waals surface area (Å²) in [5, 5.41) is 2.96. The Morgan fingerprint density at radius 3 is 2.51 bits per heavy atom. The van der Waals surface area contributed by atoms with Gasteiger partial charge in [-0.1, -0.05) is 62.4 Å². The van der Waals surface area contributed by atoms with Gasteiger partial charge in [0.05, 0.1) is 19.0 Å². The molecule has 0 saturated carbocycles. The third-order valence-corrected chi connectivity index (χ3v) is 6.35. The minimum Gasteiger partial charge on any atom is -0.343 e. The zero-order valence-corrected chi connectivity index (χ0v) is 19.8. The van der Waals surface area contributed by atoms with E-state index in [0.29, 0.717) is 16.7 Å². The monoisotopic (exact) mass is 477 g/mol. The summed E-state index contributed by atoms with van der Waals surface area (Å²) in [5.74, 6) is -1.12. The third kappa shape index (κ3) is 5.73. The van der Waals surface area contributed by atoms with E-state index < -0.39 is 24.2 Å². The van der Waals surface area contributed by atoms with Crippen molar-refractivity contribution in [3.63, 3.8) is 0 Å². The summed E-state index contributed by atoms with van der Waals surface area (Å²) >= 11 is 0. The number of nitrogens with one attached hydrogen (secondary N) is 1. The molecule has 35 heavy (non-hydrogen) atoms. The van der Waals surface area contributed by atoms with Crippen LogP contribution in [-0.2, 0) is 16.0 Å². The van der Waals surface area contributed by atoms with E-state index in [1.807, 2.05) is 44.2 Å². The van der Waals surface area contributed by atoms with Crippen LogP contribution in [-0.4, -0.2) is 40.5 Å². The predicted molar refractivity (Wildman–Crippen MR) is 130 cm³/mol. The molecule has 182 valence electrons. The Bertz CT molecular complexity index is 1170. The number of benzene rings is 2. The molecule has 0 spiro atoms. The van der Waals surface area contributed by atoms with Gasteiger partial charge in [-0.15, -0.1) is 0 Å². The number of carbonyl (C=O) groups is 2. The zero-order valence-electron chi connectivity index (χ0n) is 19.8. The number of carbonyl (C=O) groups excluding carboxylic acids is 2. The van der Waals surface area contributed by atoms with Crippen LogP contribution in [0.1, 0.15) is 54.5 Å². The molecule has 0 bridgehead atoms. The first kappa shape index (κ1) is 24.5. The van der Waals surface area contributed by atoms with Crippen molar-refractivity contribution in [2.75, 3.05) is 6.54 Å². The average Bonchev–Trinajstić information content (AvgIpc) is 3.25. The van der Waals surface area contributed by atoms with E-state index in [2.05, 4.69) is 10.3 Å². The fraction of sp³-hybridized carbons (Fsp3) is 0.321. The lowest BCUT2D eigenvalue weighted by atomic mass is 9.94. The number of hydrogen-bond donors (Lipinski definition) is 1. The van der Waals surface area contributed by atoms with Gasteiger partial charge in [0.2, 0.25) is 11.8 Å². The van der Waals surface area contributed by atoms with Crippen LogP contribution in [0.4, 0.5) is 8.78 Å². The largest absolute Gasteiger partial charge is 0.343 e. The number of rotatable bonds is 7. The van der Waals surface area contributed by atoms with Gasteiger partial charge in [-0.25, -0.2) is 8.78 Å². The molecule has 4 rings (SSSR count). The quantitative estimate of drug-likeness (QED) is 0.535. The summed E-state index contributed by atoms with van der Waals surface area (Å²) in [6.45, 7) is 3.70. The third-order valence-electron chi connectivity index (χ3n) is 6.35. The van der Waals surface area contributed by atoms with Crippen LogP contribution in [0.25, 0.3) is 0 Å². The van der Waals surface area contributed by atoms with Gasteiger partial charge in [-0.2, -0.15) is 0 Å². The van der Waals surface area contributed by atoms with Crippen LogP contribution >= 0.6 is 0 Å². The Morgan fingerprint density at radius 2 is 1.86 bits per heavy atom. The highest BCUT2D eigenvalue weighted by molar-refractivity contribution is 5.89. The minimum atomic E-state index is -1.29. The molecule has 2 amide bonds. The fourth-order valence-electron chi connectivity index (χ4n) is 4.52. The Labute approximate surface area is 204 Å². The van der Waals surface area contributed by atoms with E-state index in [1.54, 1.807) is 36.7 Å². The molecule has 0 unspecified atom stereocenters. The number of alkyl halides is 1. The Kier molecular flexibility index (Phi) is 7.54. The van der Waals surface area contributed by atoms with Crippen LogP contribution in [0.5, 0.6) is 0 Å². The van der Waals surface area contributed by atoms with Crippen molar-refractivity contribution in [2.24, 2.45) is 0 Å². The van der Waals surface area contributed by atoms with Crippen molar-refractivity contribution >= 4 is 11.8 Å². The van der Waals surface area contributed by atoms with Gasteiger partial charge in [-0.3, -0.25) is 14.6 Å². The molecule has 5 nitrogen and oxygen atoms in total. The Hall–Kier alpha value is -3.61. The van der Waals surface area contributed by atoms with Gasteiger partial charge in [0.1, 0.15) is 18.0 Å². The first-order chi connectivity index (χ1) is 16.8. The van der Waals surface area contributed by atoms with Crippen molar-refractivity contribution in [2.45, 2.75) is 50.9 Å². The van der Waals surface area contributed by atoms with Crippen LogP contribution in [0.15, 0.2) is 73.1 Å². The number of likely N-dealkylation sites (tertiary alicyclic amines) is 1. The normalized spacial score (nSPS) is 18.5. The van der Waals surface area contributed by atoms with Gasteiger partial charge in [0, 0.05) is 18.8 Å². The van der Waals surface area contributed by atoms with E-state index in [-0.39, 0.29) is 37.0 Å². The summed E-state index contributed by atoms with van der Waals surface area (Å²) in [6.07, 6.45) is 1.86. The number of amides is 2. The summed E-state index contributed by atoms with van der Waals surface area (Å²) in [4.78, 5) is 31.7. The van der Waals surface area contributed by atoms with Gasteiger partial charge >= 0.3 is 0 Å². The van der Waals surface area contributed by atoms with Crippen molar-refractivity contribution in [3.05, 3.63) is 101 Å². The smallest absolute Gasteiger partial charge is 0.243 e. The summed E-state index contributed by atoms with van der Waals surface area (Å²) in [5.41, 5.74) is 2.63. The summed E-state index contributed by atoms with van der Waals surface area (Å²) < 4.78 is 29.2. The molecule has 0 aliphatic carbocycles. The van der Waals surface area contributed by atoms with E-state index in [9.17, 15) is 18.4 Å². The Morgan fingerprint density at radius 1 is 1.09 bits per heavy atom. The molecule has 2 aromatic carbocycles. The number of pyridine rings is 1. The molecule has 1 saturated heterocycles. The molecular formula is C28H29F2N3O2. The maximum Gasteiger partial charge on any atom is 0.243 e. The molecule has 0 radical (unpaired) electrons. The average molecular weight is 478 g/mol. The SMILES string of the molecule is CC(C)c1ccc([C@@H](NC(=O)[C@@H]2C[C@@H](F)CN2C(=O)Cc2cccnc2)c2ccccc2)cc1F. The number of aromatic nitrogens is 1. The van der Waals surface area contributed by atoms with Gasteiger partial charge in [0.15, 0.2) is 0 Å². The van der Waals surface area contributed by atoms with Crippen LogP contribution < -0.4 is 5.32 Å². The molecule has 1 N–H and O–H groups in total. The summed E-state index contributed by atoms with van der Waals surface area (Å²) in [7, 11) is 0. The molecule has 1 fully saturated rings. The van der Waals surface area contributed by atoms with E-state index in [1.165, 1.54) is 11.0 Å². The van der Waals surface area contributed by atoms with Crippen molar-refractivity contribution in [1.29, 1.82) is 0 Å². The van der Waals surface area contributed by atoms with Gasteiger partial charge in [-0.05, 0) is 40.3 Å². The Balaban J connectivity index is 1.58. The molecule has 3 atom stereocenters. The maximum absolute atomic E-state index is 14.8. The summed E-state index contributed by atoms with van der Waals surface area (Å²) in [6, 6.07) is 16.1. The predicted octanol–water partition coefficient (Wildman–Crippen LogP) is 4.73. The van der Waals surface area contributed by atoms with Crippen molar-refractivity contribution < 1.29 is 18.4 Å². The van der Waals surface area contributed by atoms with Gasteiger partial charge < -0.3 is 10.2 Å². The first-order valence-corrected chi connectivity index (χ1v) is 11.8. The van der Waals surface area contributed by atoms with Gasteiger partial charge in [0.25, 0.3) is 0 Å². The molecular weight excluding hydrogens is 448 g/mol. The molecule has 3 aromatic rings. The van der Waals surface area contributed by atoms with E-state index >= 15 is 0 Å². The molecule has 1 aliphatic rings. The second-order valence-corrected chi connectivity index (χ2v) is 9.22. The fourth-order valence-corrected chi connectivity index (χ4v) is 4.52. The second kappa shape index (κ2) is 10.8. The van der Waals surface area contributed by atoms with E-state index in [4.69, 9.17) is 0 Å². The lowest BCUT2D eigenvalue weighted by Crippen LogP contribution is -2.47. The standard InChI is InChI=1S/C28H29F2N3O2/c1-18(2)23-11-10-21(14-24(23)30)27(20-8-4-3-5-9-20)32-28(35)25-15-22(29)17-33(25)26(34)13-19-7-6-12-31-16-19/h3-12,14,16,18,22,25,27H,13,15,17H2,1-2H3,(H,32,35)/t22-,25+,27+/m1/s1. The highest BCUT2D eigenvalue weighted by Crippen LogP contribution is 2.28. The maximum atomic E-state index is 14.8. The lowest BCUT2D eigenvalue weighted by molar-refractivity contribution is -0.138. The lowest BCUT2D eigenvalue weighted by Gasteiger charge is -2.27. The molecule has 1 aromatic heterocycles. The number of hydrogen-bond acceptors (Lipinski definition) is 3. The molecule has 7 heteroatoms. The highest BCUT2D eigenvalue weighted by atomic mass is 19.1. The number of nitrogens with zero attached hydrogens (tertiary/aromatic N) is 2.